The molecule has 0 aliphatic carbocycles. The molecular weight excluding hydrogens is 659 g/mol. The normalized spacial score (nSPS) is 12.2. The van der Waals surface area contributed by atoms with Crippen molar-refractivity contribution in [2.24, 2.45) is 0 Å². The van der Waals surface area contributed by atoms with Gasteiger partial charge in [-0.1, -0.05) is 154 Å². The van der Waals surface area contributed by atoms with Crippen LogP contribution in [0.4, 0.5) is 0 Å². The van der Waals surface area contributed by atoms with E-state index >= 15 is 0 Å². The average Bonchev–Trinajstić information content (AvgIpc) is 3.15. The molecule has 1 N–H and O–H groups in total. The molecule has 6 heteroatoms. The van der Waals surface area contributed by atoms with Crippen LogP contribution in [-0.4, -0.2) is 61.4 Å². The number of carbonyl (C=O) groups excluding carboxylic acids is 2. The zero-order valence-corrected chi connectivity index (χ0v) is 35.8. The smallest absolute Gasteiger partial charge is 0.330 e. The minimum atomic E-state index is -0.143. The van der Waals surface area contributed by atoms with Crippen LogP contribution >= 0.6 is 0 Å². The van der Waals surface area contributed by atoms with Gasteiger partial charge in [-0.05, 0) is 96.6 Å². The fourth-order valence-corrected chi connectivity index (χ4v) is 6.98. The van der Waals surface area contributed by atoms with Crippen LogP contribution in [0.3, 0.4) is 0 Å². The maximum atomic E-state index is 12.4. The summed E-state index contributed by atoms with van der Waals surface area (Å²) in [4.78, 5) is 27.4. The van der Waals surface area contributed by atoms with E-state index in [9.17, 15) is 14.7 Å². The number of aliphatic hydroxyl groups is 1. The Balaban J connectivity index is 4.08. The van der Waals surface area contributed by atoms with Crippen molar-refractivity contribution in [3.05, 3.63) is 23.3 Å². The molecule has 0 unspecified atom stereocenters. The lowest BCUT2D eigenvalue weighted by atomic mass is 10.0. The zero-order valence-electron chi connectivity index (χ0n) is 35.8. The van der Waals surface area contributed by atoms with Crippen molar-refractivity contribution in [1.82, 2.24) is 4.90 Å². The average molecular weight is 748 g/mol. The first kappa shape index (κ1) is 51.3. The Morgan fingerprint density at radius 1 is 0.415 bits per heavy atom. The number of hydrogen-bond donors (Lipinski definition) is 1. The van der Waals surface area contributed by atoms with Crippen LogP contribution in [0.25, 0.3) is 0 Å². The number of unbranched alkanes of at least 4 members (excludes halogenated alkanes) is 20. The van der Waals surface area contributed by atoms with E-state index in [4.69, 9.17) is 9.47 Å². The quantitative estimate of drug-likeness (QED) is 0.0381. The molecule has 0 aromatic rings. The van der Waals surface area contributed by atoms with Gasteiger partial charge in [-0.3, -0.25) is 0 Å². The Hall–Kier alpha value is -1.66. The highest BCUT2D eigenvalue weighted by atomic mass is 16.5. The first-order chi connectivity index (χ1) is 26.0. The molecule has 0 amide bonds. The molecule has 0 aromatic heterocycles. The molecule has 0 aliphatic rings. The van der Waals surface area contributed by atoms with Gasteiger partial charge in [0.25, 0.3) is 0 Å². The summed E-state index contributed by atoms with van der Waals surface area (Å²) >= 11 is 0. The van der Waals surface area contributed by atoms with E-state index in [1.807, 2.05) is 0 Å². The second-order valence-electron chi connectivity index (χ2n) is 15.6. The molecular formula is C47H89NO5. The summed E-state index contributed by atoms with van der Waals surface area (Å²) in [6.45, 7) is 13.5. The molecule has 0 atom stereocenters. The SMILES string of the molecule is CCCCCC/C(=C/C(=O)OCCCCCCCCN(CCCO)CCCCCCCCOC(=O)/C=C(\CCCCC)CCCCCC)CCCCC. The Morgan fingerprint density at radius 3 is 1.09 bits per heavy atom. The molecule has 6 nitrogen and oxygen atoms in total. The minimum Gasteiger partial charge on any atom is -0.463 e. The second kappa shape index (κ2) is 41.5. The third-order valence-electron chi connectivity index (χ3n) is 10.4. The van der Waals surface area contributed by atoms with Gasteiger partial charge in [0, 0.05) is 25.3 Å². The van der Waals surface area contributed by atoms with Crippen molar-refractivity contribution in [2.45, 2.75) is 227 Å². The number of carbonyl (C=O) groups is 2. The van der Waals surface area contributed by atoms with E-state index in [0.29, 0.717) is 13.2 Å². The number of nitrogens with zero attached hydrogens (tertiary/aromatic N) is 1. The lowest BCUT2D eigenvalue weighted by Crippen LogP contribution is -2.27. The van der Waals surface area contributed by atoms with Gasteiger partial charge in [0.2, 0.25) is 0 Å². The monoisotopic (exact) mass is 748 g/mol. The third kappa shape index (κ3) is 37.1. The number of allylic oxidation sites excluding steroid dienone is 2. The molecule has 0 saturated carbocycles. The Bertz CT molecular complexity index is 803. The number of aliphatic hydroxyl groups excluding tert-OH is 1. The van der Waals surface area contributed by atoms with Crippen LogP contribution in [0.2, 0.25) is 0 Å². The molecule has 53 heavy (non-hydrogen) atoms. The number of ether oxygens (including phenoxy) is 2. The minimum absolute atomic E-state index is 0.143. The van der Waals surface area contributed by atoms with Crippen LogP contribution in [0.1, 0.15) is 227 Å². The summed E-state index contributed by atoms with van der Waals surface area (Å²) < 4.78 is 11.1. The standard InChI is InChI=1S/C47H89NO5/c1-5-9-13-25-34-44(32-23-11-7-3)42-46(50)52-40-29-21-17-15-19-27-36-48(38-31-39-49)37-28-20-16-18-22-30-41-53-47(51)43-45(33-24-12-8-4)35-26-14-10-6-2/h42-43,49H,5-41H2,1-4H3/b44-42+,45-43+. The Kier molecular flexibility index (Phi) is 40.2. The number of hydrogen-bond acceptors (Lipinski definition) is 6. The fraction of sp³-hybridized carbons (Fsp3) is 0.872. The van der Waals surface area contributed by atoms with Gasteiger partial charge in [0.05, 0.1) is 13.2 Å². The van der Waals surface area contributed by atoms with Crippen LogP contribution in [0, 0.1) is 0 Å². The molecule has 0 fully saturated rings. The molecule has 0 aromatic carbocycles. The van der Waals surface area contributed by atoms with Gasteiger partial charge < -0.3 is 19.5 Å². The van der Waals surface area contributed by atoms with Crippen molar-refractivity contribution >= 4 is 11.9 Å². The molecule has 312 valence electrons. The van der Waals surface area contributed by atoms with Gasteiger partial charge >= 0.3 is 11.9 Å². The predicted octanol–water partition coefficient (Wildman–Crippen LogP) is 13.4. The summed E-state index contributed by atoms with van der Waals surface area (Å²) in [5, 5.41) is 9.39. The lowest BCUT2D eigenvalue weighted by molar-refractivity contribution is -0.138. The summed E-state index contributed by atoms with van der Waals surface area (Å²) in [5.74, 6) is -0.286. The van der Waals surface area contributed by atoms with Crippen molar-refractivity contribution < 1.29 is 24.2 Å². The van der Waals surface area contributed by atoms with Crippen molar-refractivity contribution in [2.75, 3.05) is 39.5 Å². The molecule has 0 radical (unpaired) electrons. The highest BCUT2D eigenvalue weighted by Gasteiger charge is 2.08. The van der Waals surface area contributed by atoms with Gasteiger partial charge in [0.1, 0.15) is 0 Å². The molecule has 0 saturated heterocycles. The van der Waals surface area contributed by atoms with Crippen LogP contribution in [0.15, 0.2) is 23.3 Å². The first-order valence-electron chi connectivity index (χ1n) is 23.1. The summed E-state index contributed by atoms with van der Waals surface area (Å²) in [5.41, 5.74) is 2.56. The topological polar surface area (TPSA) is 76.1 Å². The van der Waals surface area contributed by atoms with Crippen LogP contribution in [0.5, 0.6) is 0 Å². The van der Waals surface area contributed by atoms with Gasteiger partial charge in [-0.15, -0.1) is 0 Å². The van der Waals surface area contributed by atoms with Crippen LogP contribution in [-0.2, 0) is 19.1 Å². The van der Waals surface area contributed by atoms with Gasteiger partial charge in [-0.25, -0.2) is 9.59 Å². The van der Waals surface area contributed by atoms with E-state index in [2.05, 4.69) is 32.6 Å². The molecule has 0 spiro atoms. The fourth-order valence-electron chi connectivity index (χ4n) is 6.98. The molecule has 0 rings (SSSR count). The van der Waals surface area contributed by atoms with E-state index in [1.54, 1.807) is 12.2 Å². The van der Waals surface area contributed by atoms with Crippen molar-refractivity contribution in [3.63, 3.8) is 0 Å². The third-order valence-corrected chi connectivity index (χ3v) is 10.4. The molecule has 0 bridgehead atoms. The van der Waals surface area contributed by atoms with E-state index in [1.165, 1.54) is 152 Å². The maximum Gasteiger partial charge on any atom is 0.330 e. The predicted molar refractivity (Wildman–Crippen MR) is 227 cm³/mol. The molecule has 0 aliphatic heterocycles. The first-order valence-corrected chi connectivity index (χ1v) is 23.1. The van der Waals surface area contributed by atoms with Gasteiger partial charge in [-0.2, -0.15) is 0 Å². The van der Waals surface area contributed by atoms with E-state index in [0.717, 1.165) is 77.4 Å². The Morgan fingerprint density at radius 2 is 0.717 bits per heavy atom. The molecule has 0 heterocycles. The number of rotatable bonds is 41. The highest BCUT2D eigenvalue weighted by Crippen LogP contribution is 2.19. The Labute approximate surface area is 329 Å². The summed E-state index contributed by atoms with van der Waals surface area (Å²) in [6.07, 6.45) is 39.5. The van der Waals surface area contributed by atoms with E-state index < -0.39 is 0 Å². The maximum absolute atomic E-state index is 12.4. The highest BCUT2D eigenvalue weighted by molar-refractivity contribution is 5.83. The summed E-state index contributed by atoms with van der Waals surface area (Å²) in [6, 6.07) is 0. The summed E-state index contributed by atoms with van der Waals surface area (Å²) in [7, 11) is 0. The van der Waals surface area contributed by atoms with Crippen molar-refractivity contribution in [3.8, 4) is 0 Å². The van der Waals surface area contributed by atoms with Crippen molar-refractivity contribution in [1.29, 1.82) is 0 Å². The zero-order chi connectivity index (χ0) is 38.9. The largest absolute Gasteiger partial charge is 0.463 e. The van der Waals surface area contributed by atoms with Crippen LogP contribution < -0.4 is 0 Å². The second-order valence-corrected chi connectivity index (χ2v) is 15.6. The lowest BCUT2D eigenvalue weighted by Gasteiger charge is -2.22. The number of esters is 2. The van der Waals surface area contributed by atoms with Gasteiger partial charge in [0.15, 0.2) is 0 Å². The van der Waals surface area contributed by atoms with E-state index in [-0.39, 0.29) is 18.5 Å².